The predicted octanol–water partition coefficient (Wildman–Crippen LogP) is 5.81. The summed E-state index contributed by atoms with van der Waals surface area (Å²) >= 11 is 6.35. The lowest BCUT2D eigenvalue weighted by Crippen LogP contribution is -2.48. The van der Waals surface area contributed by atoms with Gasteiger partial charge in [-0.15, -0.1) is 0 Å². The molecule has 0 radical (unpaired) electrons. The van der Waals surface area contributed by atoms with E-state index in [0.717, 1.165) is 45.0 Å². The lowest BCUT2D eigenvalue weighted by atomic mass is 9.87. The van der Waals surface area contributed by atoms with E-state index in [1.807, 2.05) is 24.3 Å². The number of likely N-dealkylation sites (tertiary alicyclic amines) is 1. The summed E-state index contributed by atoms with van der Waals surface area (Å²) in [6, 6.07) is 14.1. The van der Waals surface area contributed by atoms with Crippen LogP contribution in [0.2, 0.25) is 5.02 Å². The number of ether oxygens (including phenoxy) is 2. The fourth-order valence-electron chi connectivity index (χ4n) is 4.26. The Labute approximate surface area is 174 Å². The second kappa shape index (κ2) is 9.02. The van der Waals surface area contributed by atoms with Crippen LogP contribution in [0.3, 0.4) is 0 Å². The van der Waals surface area contributed by atoms with Crippen LogP contribution in [0.1, 0.15) is 37.3 Å². The molecule has 4 heteroatoms. The van der Waals surface area contributed by atoms with Crippen molar-refractivity contribution in [3.05, 3.63) is 64.2 Å². The van der Waals surface area contributed by atoms with Gasteiger partial charge in [0.15, 0.2) is 0 Å². The Hall–Kier alpha value is -1.97. The maximum absolute atomic E-state index is 6.35. The summed E-state index contributed by atoms with van der Waals surface area (Å²) in [5.74, 6) is 1.69. The number of benzene rings is 2. The Kier molecular flexibility index (Phi) is 6.69. The highest BCUT2D eigenvalue weighted by Crippen LogP contribution is 2.40. The second-order valence-corrected chi connectivity index (χ2v) is 8.28. The van der Waals surface area contributed by atoms with E-state index >= 15 is 0 Å². The molecular weight excluding hydrogens is 370 g/mol. The van der Waals surface area contributed by atoms with Gasteiger partial charge in [-0.25, -0.2) is 0 Å². The van der Waals surface area contributed by atoms with E-state index in [1.54, 1.807) is 14.2 Å². The summed E-state index contributed by atoms with van der Waals surface area (Å²) in [4.78, 5) is 0. The minimum Gasteiger partial charge on any atom is -0.497 e. The first-order valence-electron chi connectivity index (χ1n) is 10.0. The normalized spacial score (nSPS) is 19.4. The van der Waals surface area contributed by atoms with Gasteiger partial charge in [0.25, 0.3) is 0 Å². The number of hydrogen-bond donors (Lipinski definition) is 0. The number of halogens is 1. The van der Waals surface area contributed by atoms with Crippen LogP contribution < -0.4 is 9.47 Å². The average Bonchev–Trinajstić information content (AvgIpc) is 2.70. The molecule has 1 aliphatic heterocycles. The van der Waals surface area contributed by atoms with E-state index < -0.39 is 0 Å². The van der Waals surface area contributed by atoms with Crippen LogP contribution in [0.25, 0.3) is 5.57 Å². The first-order valence-corrected chi connectivity index (χ1v) is 10.4. The smallest absolute Gasteiger partial charge is 0.126 e. The first kappa shape index (κ1) is 20.8. The largest absolute Gasteiger partial charge is 0.497 e. The van der Waals surface area contributed by atoms with Gasteiger partial charge in [-0.3, -0.25) is 0 Å². The zero-order valence-electron chi connectivity index (χ0n) is 17.4. The van der Waals surface area contributed by atoms with Crippen molar-refractivity contribution >= 4 is 17.2 Å². The van der Waals surface area contributed by atoms with Gasteiger partial charge in [-0.2, -0.15) is 0 Å². The topological polar surface area (TPSA) is 18.5 Å². The van der Waals surface area contributed by atoms with Crippen LogP contribution in [0.5, 0.6) is 11.5 Å². The Morgan fingerprint density at radius 1 is 1.04 bits per heavy atom. The van der Waals surface area contributed by atoms with E-state index in [0.29, 0.717) is 0 Å². The number of piperidine rings is 1. The number of nitrogens with zero attached hydrogens (tertiary/aromatic N) is 1. The molecule has 0 unspecified atom stereocenters. The monoisotopic (exact) mass is 400 g/mol. The lowest BCUT2D eigenvalue weighted by molar-refractivity contribution is -0.912. The summed E-state index contributed by atoms with van der Waals surface area (Å²) in [6.07, 6.45) is 3.39. The van der Waals surface area contributed by atoms with Crippen LogP contribution in [0.15, 0.2) is 48.0 Å². The second-order valence-electron chi connectivity index (χ2n) is 7.85. The number of hydrogen-bond acceptors (Lipinski definition) is 2. The van der Waals surface area contributed by atoms with Crippen molar-refractivity contribution in [2.24, 2.45) is 0 Å². The highest BCUT2D eigenvalue weighted by atomic mass is 35.5. The van der Waals surface area contributed by atoms with Crippen molar-refractivity contribution < 1.29 is 14.0 Å². The third-order valence-corrected chi connectivity index (χ3v) is 6.05. The molecule has 3 nitrogen and oxygen atoms in total. The molecule has 0 aromatic heterocycles. The van der Waals surface area contributed by atoms with Gasteiger partial charge in [0.05, 0.1) is 40.9 Å². The first-order chi connectivity index (χ1) is 13.5. The predicted molar refractivity (Wildman–Crippen MR) is 117 cm³/mol. The fraction of sp³-hybridized carbons (Fsp3) is 0.417. The highest BCUT2D eigenvalue weighted by Gasteiger charge is 2.29. The molecule has 1 heterocycles. The van der Waals surface area contributed by atoms with Crippen molar-refractivity contribution in [3.8, 4) is 11.5 Å². The van der Waals surface area contributed by atoms with Crippen LogP contribution in [-0.2, 0) is 0 Å². The minimum absolute atomic E-state index is 0.750. The summed E-state index contributed by atoms with van der Waals surface area (Å²) < 4.78 is 12.4. The number of quaternary nitrogens is 1. The average molecular weight is 401 g/mol. The molecule has 28 heavy (non-hydrogen) atoms. The number of rotatable bonds is 6. The molecule has 0 amide bonds. The molecule has 0 spiro atoms. The van der Waals surface area contributed by atoms with E-state index in [1.165, 1.54) is 37.2 Å². The molecule has 1 fully saturated rings. The highest BCUT2D eigenvalue weighted by molar-refractivity contribution is 6.30. The van der Waals surface area contributed by atoms with E-state index in [9.17, 15) is 0 Å². The summed E-state index contributed by atoms with van der Waals surface area (Å²) in [5, 5.41) is 0.750. The fourth-order valence-corrected chi connectivity index (χ4v) is 4.45. The SMILES string of the molecule is CCC[N+]1(C)CCC(=C(c2cccc(Cl)c2)c2cc(OC)ccc2OC)CC1. The van der Waals surface area contributed by atoms with Gasteiger partial charge in [-0.05, 0) is 47.9 Å². The zero-order chi connectivity index (χ0) is 20.1. The molecule has 0 bridgehead atoms. The maximum atomic E-state index is 6.35. The zero-order valence-corrected chi connectivity index (χ0v) is 18.2. The standard InChI is InChI=1S/C24H31ClNO2/c1-5-13-26(2)14-11-18(12-15-26)24(19-7-6-8-20(25)16-19)22-17-21(27-3)9-10-23(22)28-4/h6-10,16-17H,5,11-15H2,1-4H3/q+1. The van der Waals surface area contributed by atoms with Crippen molar-refractivity contribution in [3.63, 3.8) is 0 Å². The molecular formula is C24H31ClNO2+. The van der Waals surface area contributed by atoms with Gasteiger partial charge in [0.1, 0.15) is 11.5 Å². The molecule has 150 valence electrons. The third-order valence-electron chi connectivity index (χ3n) is 5.81. The molecule has 1 saturated heterocycles. The Morgan fingerprint density at radius 2 is 1.79 bits per heavy atom. The van der Waals surface area contributed by atoms with Crippen molar-refractivity contribution in [1.29, 1.82) is 0 Å². The van der Waals surface area contributed by atoms with Gasteiger partial charge in [0, 0.05) is 23.4 Å². The van der Waals surface area contributed by atoms with Gasteiger partial charge < -0.3 is 14.0 Å². The molecule has 0 saturated carbocycles. The number of methoxy groups -OCH3 is 2. The molecule has 0 N–H and O–H groups in total. The van der Waals surface area contributed by atoms with Crippen molar-refractivity contribution in [2.45, 2.75) is 26.2 Å². The minimum atomic E-state index is 0.750. The van der Waals surface area contributed by atoms with Crippen molar-refractivity contribution in [2.75, 3.05) is 40.9 Å². The van der Waals surface area contributed by atoms with Gasteiger partial charge >= 0.3 is 0 Å². The molecule has 2 aromatic rings. The Bertz CT molecular complexity index is 849. The summed E-state index contributed by atoms with van der Waals surface area (Å²) in [7, 11) is 5.80. The van der Waals surface area contributed by atoms with Gasteiger partial charge in [-0.1, -0.05) is 36.2 Å². The molecule has 0 aliphatic carbocycles. The van der Waals surface area contributed by atoms with Crippen LogP contribution in [0.4, 0.5) is 0 Å². The van der Waals surface area contributed by atoms with Crippen LogP contribution >= 0.6 is 11.6 Å². The summed E-state index contributed by atoms with van der Waals surface area (Å²) in [6.45, 7) is 5.84. The van der Waals surface area contributed by atoms with E-state index in [4.69, 9.17) is 21.1 Å². The van der Waals surface area contributed by atoms with Gasteiger partial charge in [0.2, 0.25) is 0 Å². The Balaban J connectivity index is 2.13. The van der Waals surface area contributed by atoms with E-state index in [2.05, 4.69) is 32.2 Å². The summed E-state index contributed by atoms with van der Waals surface area (Å²) in [5.41, 5.74) is 4.92. The van der Waals surface area contributed by atoms with Crippen molar-refractivity contribution in [1.82, 2.24) is 0 Å². The van der Waals surface area contributed by atoms with E-state index in [-0.39, 0.29) is 0 Å². The maximum Gasteiger partial charge on any atom is 0.126 e. The van der Waals surface area contributed by atoms with Crippen LogP contribution in [0, 0.1) is 0 Å². The third kappa shape index (κ3) is 4.53. The molecule has 1 aliphatic rings. The quantitative estimate of drug-likeness (QED) is 0.569. The molecule has 3 rings (SSSR count). The lowest BCUT2D eigenvalue weighted by Gasteiger charge is -2.39. The molecule has 0 atom stereocenters. The Morgan fingerprint density at radius 3 is 2.39 bits per heavy atom. The molecule has 2 aromatic carbocycles. The van der Waals surface area contributed by atoms with Crippen LogP contribution in [-0.4, -0.2) is 45.4 Å².